The molecule has 1 aliphatic heterocycles. The number of aliphatic hydroxyl groups excluding tert-OH is 1. The molecular weight excluding hydrogens is 206 g/mol. The molecule has 1 nitrogen and oxygen atoms in total. The third kappa shape index (κ3) is 1.64. The van der Waals surface area contributed by atoms with E-state index in [1.807, 2.05) is 0 Å². The molecule has 1 heterocycles. The lowest BCUT2D eigenvalue weighted by atomic mass is 10.0. The zero-order valence-corrected chi connectivity index (χ0v) is 8.28. The monoisotopic (exact) mass is 216 g/mol. The number of rotatable bonds is 0. The largest absolute Gasteiger partial charge is 0.388 e. The van der Waals surface area contributed by atoms with E-state index in [0.717, 1.165) is 11.8 Å². The molecule has 76 valence electrons. The minimum Gasteiger partial charge on any atom is -0.388 e. The molecule has 0 aromatic heterocycles. The van der Waals surface area contributed by atoms with Crippen molar-refractivity contribution in [2.45, 2.75) is 18.3 Å². The van der Waals surface area contributed by atoms with Crippen LogP contribution in [-0.2, 0) is 5.75 Å². The molecule has 0 spiro atoms. The number of thioether (sulfide) groups is 1. The van der Waals surface area contributed by atoms with Gasteiger partial charge in [0.05, 0.1) is 6.10 Å². The molecule has 0 bridgehead atoms. The molecule has 1 aromatic rings. The van der Waals surface area contributed by atoms with E-state index in [9.17, 15) is 13.9 Å². The van der Waals surface area contributed by atoms with Crippen LogP contribution in [0.2, 0.25) is 0 Å². The molecule has 14 heavy (non-hydrogen) atoms. The highest BCUT2D eigenvalue weighted by atomic mass is 32.2. The van der Waals surface area contributed by atoms with Gasteiger partial charge < -0.3 is 5.11 Å². The summed E-state index contributed by atoms with van der Waals surface area (Å²) in [6.07, 6.45) is -0.0574. The zero-order chi connectivity index (χ0) is 10.1. The van der Waals surface area contributed by atoms with Crippen LogP contribution in [0.1, 0.15) is 23.7 Å². The van der Waals surface area contributed by atoms with Gasteiger partial charge in [-0.15, -0.1) is 0 Å². The summed E-state index contributed by atoms with van der Waals surface area (Å²) >= 11 is 1.52. The Morgan fingerprint density at radius 1 is 1.36 bits per heavy atom. The van der Waals surface area contributed by atoms with Crippen molar-refractivity contribution in [2.24, 2.45) is 0 Å². The van der Waals surface area contributed by atoms with Crippen molar-refractivity contribution in [3.8, 4) is 0 Å². The lowest BCUT2D eigenvalue weighted by molar-refractivity contribution is 0.174. The van der Waals surface area contributed by atoms with Crippen molar-refractivity contribution in [2.75, 3.05) is 5.75 Å². The average molecular weight is 216 g/mol. The highest BCUT2D eigenvalue weighted by Gasteiger charge is 2.21. The fraction of sp³-hybridized carbons (Fsp3) is 0.400. The Bertz CT molecular complexity index is 354. The number of fused-ring (bicyclic) bond motifs is 1. The molecular formula is C10H10F2OS. The molecule has 0 radical (unpaired) electrons. The number of aliphatic hydroxyl groups is 1. The van der Waals surface area contributed by atoms with Gasteiger partial charge in [-0.05, 0) is 23.8 Å². The Kier molecular flexibility index (Phi) is 2.74. The Morgan fingerprint density at radius 3 is 2.93 bits per heavy atom. The van der Waals surface area contributed by atoms with E-state index >= 15 is 0 Å². The molecule has 0 amide bonds. The first kappa shape index (κ1) is 9.93. The second kappa shape index (κ2) is 3.87. The van der Waals surface area contributed by atoms with Crippen LogP contribution in [0.15, 0.2) is 12.1 Å². The van der Waals surface area contributed by atoms with E-state index in [0.29, 0.717) is 23.3 Å². The molecule has 1 aliphatic rings. The van der Waals surface area contributed by atoms with Gasteiger partial charge in [-0.3, -0.25) is 0 Å². The molecule has 0 aliphatic carbocycles. The van der Waals surface area contributed by atoms with E-state index in [4.69, 9.17) is 0 Å². The van der Waals surface area contributed by atoms with Crippen molar-refractivity contribution in [1.29, 1.82) is 0 Å². The van der Waals surface area contributed by atoms with E-state index in [1.54, 1.807) is 0 Å². The molecule has 0 fully saturated rings. The van der Waals surface area contributed by atoms with Gasteiger partial charge in [-0.2, -0.15) is 11.8 Å². The quantitative estimate of drug-likeness (QED) is 0.719. The maximum atomic E-state index is 13.3. The lowest BCUT2D eigenvalue weighted by Gasteiger charge is -2.11. The van der Waals surface area contributed by atoms with E-state index in [-0.39, 0.29) is 0 Å². The third-order valence-corrected chi connectivity index (χ3v) is 3.39. The predicted molar refractivity (Wildman–Crippen MR) is 52.1 cm³/mol. The molecule has 4 heteroatoms. The molecule has 0 saturated carbocycles. The van der Waals surface area contributed by atoms with Crippen LogP contribution in [-0.4, -0.2) is 10.9 Å². The van der Waals surface area contributed by atoms with Crippen molar-refractivity contribution in [3.63, 3.8) is 0 Å². The first-order valence-electron chi connectivity index (χ1n) is 4.42. The van der Waals surface area contributed by atoms with Gasteiger partial charge >= 0.3 is 0 Å². The van der Waals surface area contributed by atoms with E-state index < -0.39 is 17.7 Å². The first-order chi connectivity index (χ1) is 6.70. The van der Waals surface area contributed by atoms with Crippen LogP contribution in [0.25, 0.3) is 0 Å². The van der Waals surface area contributed by atoms with Gasteiger partial charge in [0.25, 0.3) is 0 Å². The van der Waals surface area contributed by atoms with Crippen molar-refractivity contribution >= 4 is 11.8 Å². The number of halogens is 2. The van der Waals surface area contributed by atoms with Gasteiger partial charge in [0, 0.05) is 11.3 Å². The predicted octanol–water partition coefficient (Wildman–Crippen LogP) is 2.64. The molecule has 1 aromatic carbocycles. The second-order valence-corrected chi connectivity index (χ2v) is 4.39. The average Bonchev–Trinajstić information content (AvgIpc) is 2.35. The lowest BCUT2D eigenvalue weighted by Crippen LogP contribution is -2.03. The topological polar surface area (TPSA) is 20.2 Å². The third-order valence-electron chi connectivity index (χ3n) is 2.37. The molecule has 1 N–H and O–H groups in total. The summed E-state index contributed by atoms with van der Waals surface area (Å²) in [5.74, 6) is -0.429. The molecule has 2 rings (SSSR count). The molecule has 1 unspecified atom stereocenters. The van der Waals surface area contributed by atoms with Gasteiger partial charge in [-0.25, -0.2) is 8.78 Å². The summed E-state index contributed by atoms with van der Waals surface area (Å²) in [6, 6.07) is 2.55. The maximum Gasteiger partial charge on any atom is 0.163 e. The zero-order valence-electron chi connectivity index (χ0n) is 7.46. The Labute approximate surface area is 85.1 Å². The fourth-order valence-electron chi connectivity index (χ4n) is 1.59. The van der Waals surface area contributed by atoms with Gasteiger partial charge in [0.15, 0.2) is 11.6 Å². The normalized spacial score (nSPS) is 21.5. The number of hydrogen-bond acceptors (Lipinski definition) is 2. The van der Waals surface area contributed by atoms with Crippen LogP contribution in [0, 0.1) is 11.6 Å². The number of hydrogen-bond donors (Lipinski definition) is 1. The molecule has 0 saturated heterocycles. The summed E-state index contributed by atoms with van der Waals surface area (Å²) < 4.78 is 26.2. The first-order valence-corrected chi connectivity index (χ1v) is 5.58. The van der Waals surface area contributed by atoms with Crippen molar-refractivity contribution in [3.05, 3.63) is 34.9 Å². The van der Waals surface area contributed by atoms with Gasteiger partial charge in [0.2, 0.25) is 0 Å². The van der Waals surface area contributed by atoms with Crippen LogP contribution in [0.3, 0.4) is 0 Å². The number of benzene rings is 1. The van der Waals surface area contributed by atoms with E-state index in [2.05, 4.69) is 0 Å². The van der Waals surface area contributed by atoms with Crippen molar-refractivity contribution in [1.82, 2.24) is 0 Å². The highest BCUT2D eigenvalue weighted by Crippen LogP contribution is 2.32. The molecule has 1 atom stereocenters. The van der Waals surface area contributed by atoms with Crippen molar-refractivity contribution < 1.29 is 13.9 Å². The van der Waals surface area contributed by atoms with Crippen LogP contribution >= 0.6 is 11.8 Å². The Balaban J connectivity index is 2.53. The Morgan fingerprint density at radius 2 is 2.14 bits per heavy atom. The minimum atomic E-state index is -0.835. The van der Waals surface area contributed by atoms with E-state index in [1.165, 1.54) is 17.8 Å². The second-order valence-electron chi connectivity index (χ2n) is 3.29. The summed E-state index contributed by atoms with van der Waals surface area (Å²) in [6.45, 7) is 0. The van der Waals surface area contributed by atoms with Gasteiger partial charge in [0.1, 0.15) is 0 Å². The van der Waals surface area contributed by atoms with Crippen LogP contribution in [0.5, 0.6) is 0 Å². The smallest absolute Gasteiger partial charge is 0.163 e. The van der Waals surface area contributed by atoms with Crippen LogP contribution in [0.4, 0.5) is 8.78 Å². The fourth-order valence-corrected chi connectivity index (χ4v) is 2.62. The highest BCUT2D eigenvalue weighted by molar-refractivity contribution is 7.98. The maximum absolute atomic E-state index is 13.3. The van der Waals surface area contributed by atoms with Crippen LogP contribution < -0.4 is 0 Å². The summed E-state index contributed by atoms with van der Waals surface area (Å²) in [7, 11) is 0. The Hall–Kier alpha value is -0.610. The summed E-state index contributed by atoms with van der Waals surface area (Å²) in [5.41, 5.74) is 0.855. The minimum absolute atomic E-state index is 0.319. The summed E-state index contributed by atoms with van der Waals surface area (Å²) in [4.78, 5) is 0. The van der Waals surface area contributed by atoms with Gasteiger partial charge in [-0.1, -0.05) is 6.07 Å². The summed E-state index contributed by atoms with van der Waals surface area (Å²) in [5, 5.41) is 9.65. The standard InChI is InChI=1S/C10H10F2OS/c11-8-2-1-6-7(10(8)12)5-14-4-3-9(6)13/h1-2,9,13H,3-5H2. The SMILES string of the molecule is OC1CCSCc2c1ccc(F)c2F.